The second kappa shape index (κ2) is 11.4. The van der Waals surface area contributed by atoms with Gasteiger partial charge in [-0.15, -0.1) is 0 Å². The highest BCUT2D eigenvalue weighted by Gasteiger charge is 2.14. The summed E-state index contributed by atoms with van der Waals surface area (Å²) in [6.07, 6.45) is 0. The van der Waals surface area contributed by atoms with Crippen molar-refractivity contribution >= 4 is 33.2 Å². The Balaban J connectivity index is 1.60. The van der Waals surface area contributed by atoms with Crippen LogP contribution in [0, 0.1) is 6.92 Å². The van der Waals surface area contributed by atoms with Gasteiger partial charge in [0.1, 0.15) is 5.75 Å². The van der Waals surface area contributed by atoms with Crippen LogP contribution in [-0.2, 0) is 11.3 Å². The maximum Gasteiger partial charge on any atom is 0.262 e. The van der Waals surface area contributed by atoms with Gasteiger partial charge in [-0.1, -0.05) is 12.1 Å². The van der Waals surface area contributed by atoms with Crippen molar-refractivity contribution in [3.8, 4) is 17.2 Å². The minimum atomic E-state index is -0.245. The summed E-state index contributed by atoms with van der Waals surface area (Å²) >= 11 is 3.54. The molecule has 0 heterocycles. The van der Waals surface area contributed by atoms with E-state index in [1.54, 1.807) is 7.11 Å². The molecule has 0 aliphatic heterocycles. The molecule has 0 aliphatic rings. The minimum Gasteiger partial charge on any atom is -0.494 e. The van der Waals surface area contributed by atoms with E-state index < -0.39 is 0 Å². The lowest BCUT2D eigenvalue weighted by Gasteiger charge is -2.15. The van der Waals surface area contributed by atoms with Crippen LogP contribution in [-0.4, -0.2) is 26.2 Å². The molecule has 2 N–H and O–H groups in total. The van der Waals surface area contributed by atoms with Gasteiger partial charge < -0.3 is 24.8 Å². The molecule has 0 spiro atoms. The van der Waals surface area contributed by atoms with Crippen LogP contribution in [0.1, 0.15) is 18.1 Å². The van der Waals surface area contributed by atoms with Crippen molar-refractivity contribution in [1.29, 1.82) is 0 Å². The third-order valence-corrected chi connectivity index (χ3v) is 5.19. The largest absolute Gasteiger partial charge is 0.494 e. The summed E-state index contributed by atoms with van der Waals surface area (Å²) in [6.45, 7) is 5.04. The molecule has 0 saturated heterocycles. The first-order valence-electron chi connectivity index (χ1n) is 10.3. The van der Waals surface area contributed by atoms with Crippen molar-refractivity contribution in [3.63, 3.8) is 0 Å². The van der Waals surface area contributed by atoms with Crippen molar-refractivity contribution in [2.75, 3.05) is 31.0 Å². The number of amides is 1. The standard InChI is InChI=1S/C25H27BrN2O4/c1-4-31-21-10-8-19(9-11-21)27-15-18-13-22(26)25(23(14-18)30-3)32-16-24(29)28-20-7-5-6-17(2)12-20/h5-14,27H,4,15-16H2,1-3H3,(H,28,29). The summed E-state index contributed by atoms with van der Waals surface area (Å²) in [4.78, 5) is 12.3. The summed E-state index contributed by atoms with van der Waals surface area (Å²) < 4.78 is 17.4. The molecule has 32 heavy (non-hydrogen) atoms. The van der Waals surface area contributed by atoms with E-state index in [1.807, 2.05) is 74.5 Å². The SMILES string of the molecule is CCOc1ccc(NCc2cc(Br)c(OCC(=O)Nc3cccc(C)c3)c(OC)c2)cc1. The number of halogens is 1. The number of aryl methyl sites for hydroxylation is 1. The molecule has 6 nitrogen and oxygen atoms in total. The zero-order valence-electron chi connectivity index (χ0n) is 18.4. The molecule has 0 aromatic heterocycles. The van der Waals surface area contributed by atoms with Gasteiger partial charge in [0.15, 0.2) is 18.1 Å². The van der Waals surface area contributed by atoms with Crippen molar-refractivity contribution < 1.29 is 19.0 Å². The fraction of sp³-hybridized carbons (Fsp3) is 0.240. The Labute approximate surface area is 197 Å². The summed E-state index contributed by atoms with van der Waals surface area (Å²) in [5.74, 6) is 1.63. The zero-order valence-corrected chi connectivity index (χ0v) is 20.0. The van der Waals surface area contributed by atoms with Crippen LogP contribution >= 0.6 is 15.9 Å². The van der Waals surface area contributed by atoms with E-state index in [9.17, 15) is 4.79 Å². The number of hydrogen-bond acceptors (Lipinski definition) is 5. The quantitative estimate of drug-likeness (QED) is 0.370. The average molecular weight is 499 g/mol. The van der Waals surface area contributed by atoms with Crippen LogP contribution in [0.3, 0.4) is 0 Å². The van der Waals surface area contributed by atoms with E-state index in [-0.39, 0.29) is 12.5 Å². The van der Waals surface area contributed by atoms with E-state index in [2.05, 4.69) is 26.6 Å². The van der Waals surface area contributed by atoms with Gasteiger partial charge in [-0.05, 0) is 89.4 Å². The van der Waals surface area contributed by atoms with Gasteiger partial charge in [0.05, 0.1) is 18.2 Å². The lowest BCUT2D eigenvalue weighted by molar-refractivity contribution is -0.118. The minimum absolute atomic E-state index is 0.132. The Morgan fingerprint density at radius 1 is 1.00 bits per heavy atom. The third-order valence-electron chi connectivity index (χ3n) is 4.60. The molecule has 0 saturated carbocycles. The third kappa shape index (κ3) is 6.65. The lowest BCUT2D eigenvalue weighted by atomic mass is 10.2. The van der Waals surface area contributed by atoms with Crippen LogP contribution in [0.5, 0.6) is 17.2 Å². The summed E-state index contributed by atoms with van der Waals surface area (Å²) in [6, 6.07) is 19.3. The topological polar surface area (TPSA) is 68.8 Å². The van der Waals surface area contributed by atoms with E-state index >= 15 is 0 Å². The van der Waals surface area contributed by atoms with Crippen molar-refractivity contribution in [2.24, 2.45) is 0 Å². The Morgan fingerprint density at radius 3 is 2.47 bits per heavy atom. The Hall–Kier alpha value is -3.19. The molecule has 168 valence electrons. The molecule has 3 aromatic carbocycles. The highest BCUT2D eigenvalue weighted by Crippen LogP contribution is 2.37. The Kier molecular flexibility index (Phi) is 8.39. The van der Waals surface area contributed by atoms with E-state index in [4.69, 9.17) is 14.2 Å². The lowest BCUT2D eigenvalue weighted by Crippen LogP contribution is -2.20. The predicted molar refractivity (Wildman–Crippen MR) is 131 cm³/mol. The van der Waals surface area contributed by atoms with Gasteiger partial charge in [0.2, 0.25) is 0 Å². The Bertz CT molecular complexity index is 1050. The fourth-order valence-corrected chi connectivity index (χ4v) is 3.72. The summed E-state index contributed by atoms with van der Waals surface area (Å²) in [7, 11) is 1.57. The molecule has 3 rings (SSSR count). The predicted octanol–water partition coefficient (Wildman–Crippen LogP) is 5.79. The van der Waals surface area contributed by atoms with Crippen molar-refractivity contribution in [1.82, 2.24) is 0 Å². The smallest absolute Gasteiger partial charge is 0.262 e. The van der Waals surface area contributed by atoms with Gasteiger partial charge in [0.25, 0.3) is 5.91 Å². The maximum atomic E-state index is 12.3. The molecule has 0 atom stereocenters. The normalized spacial score (nSPS) is 10.4. The Morgan fingerprint density at radius 2 is 1.78 bits per heavy atom. The number of benzene rings is 3. The molecular formula is C25H27BrN2O4. The monoisotopic (exact) mass is 498 g/mol. The van der Waals surface area contributed by atoms with Crippen LogP contribution < -0.4 is 24.8 Å². The van der Waals surface area contributed by atoms with Gasteiger partial charge in [-0.3, -0.25) is 4.79 Å². The van der Waals surface area contributed by atoms with Crippen molar-refractivity contribution in [3.05, 3.63) is 76.3 Å². The highest BCUT2D eigenvalue weighted by atomic mass is 79.9. The number of methoxy groups -OCH3 is 1. The van der Waals surface area contributed by atoms with Gasteiger partial charge in [-0.25, -0.2) is 0 Å². The van der Waals surface area contributed by atoms with Crippen LogP contribution in [0.15, 0.2) is 65.1 Å². The molecule has 0 bridgehead atoms. The van der Waals surface area contributed by atoms with Crippen LogP contribution in [0.25, 0.3) is 0 Å². The summed E-state index contributed by atoms with van der Waals surface area (Å²) in [5.41, 5.74) is 3.79. The second-order valence-corrected chi connectivity index (χ2v) is 7.98. The number of anilines is 2. The number of rotatable bonds is 10. The van der Waals surface area contributed by atoms with Gasteiger partial charge in [-0.2, -0.15) is 0 Å². The van der Waals surface area contributed by atoms with Crippen LogP contribution in [0.2, 0.25) is 0 Å². The molecule has 3 aromatic rings. The summed E-state index contributed by atoms with van der Waals surface area (Å²) in [5, 5.41) is 6.21. The fourth-order valence-electron chi connectivity index (χ4n) is 3.11. The number of nitrogens with one attached hydrogen (secondary N) is 2. The first-order chi connectivity index (χ1) is 15.5. The van der Waals surface area contributed by atoms with Crippen LogP contribution in [0.4, 0.5) is 11.4 Å². The molecule has 0 aliphatic carbocycles. The molecule has 1 amide bonds. The van der Waals surface area contributed by atoms with Gasteiger partial charge >= 0.3 is 0 Å². The van der Waals surface area contributed by atoms with E-state index in [1.165, 1.54) is 0 Å². The van der Waals surface area contributed by atoms with Crippen molar-refractivity contribution in [2.45, 2.75) is 20.4 Å². The average Bonchev–Trinajstić information content (AvgIpc) is 2.77. The number of carbonyl (C=O) groups is 1. The first kappa shape index (κ1) is 23.5. The zero-order chi connectivity index (χ0) is 22.9. The molecule has 0 radical (unpaired) electrons. The van der Waals surface area contributed by atoms with Gasteiger partial charge in [0, 0.05) is 17.9 Å². The molecule has 7 heteroatoms. The molecule has 0 fully saturated rings. The second-order valence-electron chi connectivity index (χ2n) is 7.13. The molecular weight excluding hydrogens is 472 g/mol. The number of ether oxygens (including phenoxy) is 3. The number of carbonyl (C=O) groups excluding carboxylic acids is 1. The number of hydrogen-bond donors (Lipinski definition) is 2. The highest BCUT2D eigenvalue weighted by molar-refractivity contribution is 9.10. The maximum absolute atomic E-state index is 12.3. The molecule has 0 unspecified atom stereocenters. The first-order valence-corrected chi connectivity index (χ1v) is 11.1. The van der Waals surface area contributed by atoms with E-state index in [0.29, 0.717) is 29.1 Å². The van der Waals surface area contributed by atoms with E-state index in [0.717, 1.165) is 28.3 Å².